The van der Waals surface area contributed by atoms with Crippen LogP contribution < -0.4 is 5.32 Å². The summed E-state index contributed by atoms with van der Waals surface area (Å²) in [5, 5.41) is 2.88. The number of amides is 2. The molecule has 0 aromatic heterocycles. The molecule has 0 aliphatic carbocycles. The van der Waals surface area contributed by atoms with E-state index >= 15 is 0 Å². The fourth-order valence-corrected chi connectivity index (χ4v) is 3.83. The Morgan fingerprint density at radius 1 is 0.893 bits per heavy atom. The van der Waals surface area contributed by atoms with Crippen molar-refractivity contribution in [2.24, 2.45) is 0 Å². The lowest BCUT2D eigenvalue weighted by Gasteiger charge is -2.25. The number of hydrogen-bond donors (Lipinski definition) is 1. The topological polar surface area (TPSA) is 49.4 Å². The van der Waals surface area contributed by atoms with Crippen molar-refractivity contribution >= 4 is 11.8 Å². The van der Waals surface area contributed by atoms with Crippen LogP contribution in [0.4, 0.5) is 0 Å². The fraction of sp³-hybridized carbons (Fsp3) is 0.167. The zero-order valence-corrected chi connectivity index (χ0v) is 15.8. The molecule has 1 heterocycles. The van der Waals surface area contributed by atoms with Gasteiger partial charge in [-0.05, 0) is 35.2 Å². The summed E-state index contributed by atoms with van der Waals surface area (Å²) in [6.07, 6.45) is 0. The van der Waals surface area contributed by atoms with Gasteiger partial charge in [-0.15, -0.1) is 0 Å². The Balaban J connectivity index is 1.74. The van der Waals surface area contributed by atoms with Gasteiger partial charge in [-0.3, -0.25) is 9.59 Å². The Bertz CT molecular complexity index is 1010. The van der Waals surface area contributed by atoms with Crippen LogP contribution in [0.25, 0.3) is 11.1 Å². The quantitative estimate of drug-likeness (QED) is 0.732. The highest BCUT2D eigenvalue weighted by Gasteiger charge is 2.40. The summed E-state index contributed by atoms with van der Waals surface area (Å²) in [5.41, 5.74) is 4.56. The lowest BCUT2D eigenvalue weighted by Crippen LogP contribution is -2.38. The Morgan fingerprint density at radius 2 is 1.54 bits per heavy atom. The number of benzene rings is 3. The molecule has 1 N–H and O–H groups in total. The van der Waals surface area contributed by atoms with E-state index in [9.17, 15) is 9.59 Å². The molecule has 1 atom stereocenters. The molecule has 28 heavy (non-hydrogen) atoms. The van der Waals surface area contributed by atoms with Gasteiger partial charge in [-0.1, -0.05) is 72.8 Å². The van der Waals surface area contributed by atoms with Crippen molar-refractivity contribution in [1.29, 1.82) is 0 Å². The van der Waals surface area contributed by atoms with E-state index in [1.54, 1.807) is 11.0 Å². The van der Waals surface area contributed by atoms with E-state index in [0.717, 1.165) is 22.3 Å². The van der Waals surface area contributed by atoms with Gasteiger partial charge in [0.2, 0.25) is 5.91 Å². The van der Waals surface area contributed by atoms with Gasteiger partial charge < -0.3 is 10.2 Å². The van der Waals surface area contributed by atoms with Gasteiger partial charge in [0, 0.05) is 18.7 Å². The Kier molecular flexibility index (Phi) is 4.94. The van der Waals surface area contributed by atoms with Gasteiger partial charge in [-0.2, -0.15) is 0 Å². The molecule has 1 unspecified atom stereocenters. The second kappa shape index (κ2) is 7.69. The Labute approximate surface area is 164 Å². The van der Waals surface area contributed by atoms with Crippen LogP contribution in [0.5, 0.6) is 0 Å². The molecule has 4 nitrogen and oxygen atoms in total. The van der Waals surface area contributed by atoms with Crippen LogP contribution in [0.3, 0.4) is 0 Å². The number of rotatable bonds is 5. The maximum atomic E-state index is 13.1. The van der Waals surface area contributed by atoms with Crippen molar-refractivity contribution < 1.29 is 9.59 Å². The lowest BCUT2D eigenvalue weighted by atomic mass is 9.99. The minimum absolute atomic E-state index is 0.102. The highest BCUT2D eigenvalue weighted by molar-refractivity contribution is 6.04. The summed E-state index contributed by atoms with van der Waals surface area (Å²) in [6.45, 7) is 2.79. The number of fused-ring (bicyclic) bond motifs is 1. The first-order valence-electron chi connectivity index (χ1n) is 9.51. The molecule has 2 amide bonds. The van der Waals surface area contributed by atoms with Gasteiger partial charge in [0.15, 0.2) is 0 Å². The molecule has 1 aliphatic heterocycles. The molecule has 0 bridgehead atoms. The van der Waals surface area contributed by atoms with Gasteiger partial charge in [-0.25, -0.2) is 0 Å². The molecule has 1 aliphatic rings. The smallest absolute Gasteiger partial charge is 0.255 e. The number of nitrogens with one attached hydrogen (secondary N) is 1. The minimum atomic E-state index is -0.604. The van der Waals surface area contributed by atoms with Gasteiger partial charge in [0.05, 0.1) is 0 Å². The lowest BCUT2D eigenvalue weighted by molar-refractivity contribution is -0.125. The molecular formula is C24H22N2O2. The van der Waals surface area contributed by atoms with Crippen molar-refractivity contribution in [3.63, 3.8) is 0 Å². The van der Waals surface area contributed by atoms with E-state index < -0.39 is 6.04 Å². The van der Waals surface area contributed by atoms with Crippen molar-refractivity contribution in [1.82, 2.24) is 10.2 Å². The molecule has 0 spiro atoms. The summed E-state index contributed by atoms with van der Waals surface area (Å²) in [4.78, 5) is 27.6. The van der Waals surface area contributed by atoms with Crippen LogP contribution in [0.1, 0.15) is 34.5 Å². The second-order valence-corrected chi connectivity index (χ2v) is 6.84. The van der Waals surface area contributed by atoms with Gasteiger partial charge >= 0.3 is 0 Å². The van der Waals surface area contributed by atoms with E-state index in [-0.39, 0.29) is 11.8 Å². The average Bonchev–Trinajstić information content (AvgIpc) is 3.01. The van der Waals surface area contributed by atoms with E-state index in [0.29, 0.717) is 18.7 Å². The van der Waals surface area contributed by atoms with E-state index in [1.807, 2.05) is 61.5 Å². The van der Waals surface area contributed by atoms with Crippen molar-refractivity contribution in [3.8, 4) is 11.1 Å². The average molecular weight is 370 g/mol. The first kappa shape index (κ1) is 18.0. The van der Waals surface area contributed by atoms with Crippen LogP contribution in [-0.2, 0) is 11.3 Å². The molecule has 4 rings (SSSR count). The Hall–Kier alpha value is -3.40. The number of carbonyl (C=O) groups excluding carboxylic acids is 2. The van der Waals surface area contributed by atoms with Gasteiger partial charge in [0.25, 0.3) is 5.91 Å². The summed E-state index contributed by atoms with van der Waals surface area (Å²) in [6, 6.07) is 24.9. The molecule has 3 aromatic carbocycles. The standard InChI is InChI=1S/C24H22N2O2/c1-2-25-23(27)22-20-14-8-9-15-21(20)24(28)26(22)16-18-12-6-7-13-19(18)17-10-4-3-5-11-17/h3-15,22H,2,16H2,1H3,(H,25,27). The van der Waals surface area contributed by atoms with Crippen LogP contribution in [0.15, 0.2) is 78.9 Å². The Morgan fingerprint density at radius 3 is 2.29 bits per heavy atom. The fourth-order valence-electron chi connectivity index (χ4n) is 3.83. The molecule has 3 aromatic rings. The normalized spacial score (nSPS) is 15.4. The molecule has 0 saturated carbocycles. The largest absolute Gasteiger partial charge is 0.354 e. The molecule has 0 saturated heterocycles. The zero-order chi connectivity index (χ0) is 19.5. The third-order valence-electron chi connectivity index (χ3n) is 5.10. The number of carbonyl (C=O) groups is 2. The highest BCUT2D eigenvalue weighted by atomic mass is 16.2. The van der Waals surface area contributed by atoms with Crippen molar-refractivity contribution in [2.75, 3.05) is 6.54 Å². The maximum absolute atomic E-state index is 13.1. The highest BCUT2D eigenvalue weighted by Crippen LogP contribution is 2.36. The predicted molar refractivity (Wildman–Crippen MR) is 110 cm³/mol. The summed E-state index contributed by atoms with van der Waals surface area (Å²) in [7, 11) is 0. The molecule has 4 heteroatoms. The predicted octanol–water partition coefficient (Wildman–Crippen LogP) is 4.19. The molecule has 0 fully saturated rings. The van der Waals surface area contributed by atoms with Crippen molar-refractivity contribution in [2.45, 2.75) is 19.5 Å². The summed E-state index contributed by atoms with van der Waals surface area (Å²) in [5.74, 6) is -0.243. The molecule has 140 valence electrons. The van der Waals surface area contributed by atoms with Crippen molar-refractivity contribution in [3.05, 3.63) is 95.6 Å². The van der Waals surface area contributed by atoms with E-state index in [4.69, 9.17) is 0 Å². The third-order valence-corrected chi connectivity index (χ3v) is 5.10. The van der Waals surface area contributed by atoms with Gasteiger partial charge in [0.1, 0.15) is 6.04 Å². The van der Waals surface area contributed by atoms with Crippen LogP contribution in [-0.4, -0.2) is 23.3 Å². The number of likely N-dealkylation sites (N-methyl/N-ethyl adjacent to an activating group) is 1. The SMILES string of the molecule is CCNC(=O)C1c2ccccc2C(=O)N1Cc1ccccc1-c1ccccc1. The molecular weight excluding hydrogens is 348 g/mol. The number of hydrogen-bond acceptors (Lipinski definition) is 2. The maximum Gasteiger partial charge on any atom is 0.255 e. The first-order chi connectivity index (χ1) is 13.7. The van der Waals surface area contributed by atoms with Crippen LogP contribution in [0.2, 0.25) is 0 Å². The minimum Gasteiger partial charge on any atom is -0.354 e. The number of nitrogens with zero attached hydrogens (tertiary/aromatic N) is 1. The van der Waals surface area contributed by atoms with Crippen LogP contribution in [0, 0.1) is 0 Å². The third kappa shape index (κ3) is 3.18. The summed E-state index contributed by atoms with van der Waals surface area (Å²) >= 11 is 0. The second-order valence-electron chi connectivity index (χ2n) is 6.84. The molecule has 0 radical (unpaired) electrons. The first-order valence-corrected chi connectivity index (χ1v) is 9.51. The zero-order valence-electron chi connectivity index (χ0n) is 15.8. The van der Waals surface area contributed by atoms with E-state index in [2.05, 4.69) is 23.5 Å². The summed E-state index contributed by atoms with van der Waals surface area (Å²) < 4.78 is 0. The monoisotopic (exact) mass is 370 g/mol. The van der Waals surface area contributed by atoms with E-state index in [1.165, 1.54) is 0 Å². The van der Waals surface area contributed by atoms with Crippen LogP contribution >= 0.6 is 0 Å².